The van der Waals surface area contributed by atoms with Gasteiger partial charge in [-0.3, -0.25) is 4.79 Å². The first-order chi connectivity index (χ1) is 9.26. The summed E-state index contributed by atoms with van der Waals surface area (Å²) >= 11 is 0. The van der Waals surface area contributed by atoms with Gasteiger partial charge in [-0.05, 0) is 37.9 Å². The molecule has 0 saturated carbocycles. The second-order valence-electron chi connectivity index (χ2n) is 4.84. The van der Waals surface area contributed by atoms with Crippen molar-refractivity contribution < 1.29 is 9.53 Å². The van der Waals surface area contributed by atoms with Gasteiger partial charge in [-0.15, -0.1) is 0 Å². The van der Waals surface area contributed by atoms with Gasteiger partial charge in [0.2, 0.25) is 5.91 Å². The lowest BCUT2D eigenvalue weighted by Crippen LogP contribution is -2.51. The van der Waals surface area contributed by atoms with E-state index in [4.69, 9.17) is 4.74 Å². The third kappa shape index (κ3) is 3.26. The molecule has 1 heterocycles. The monoisotopic (exact) mass is 262 g/mol. The fraction of sp³-hybridized carbons (Fsp3) is 0.533. The van der Waals surface area contributed by atoms with E-state index in [0.717, 1.165) is 43.8 Å². The number of ether oxygens (including phenoxy) is 1. The second-order valence-corrected chi connectivity index (χ2v) is 4.84. The zero-order chi connectivity index (χ0) is 13.7. The number of amides is 1. The minimum Gasteiger partial charge on any atom is -0.497 e. The van der Waals surface area contributed by atoms with Crippen LogP contribution in [-0.2, 0) is 4.79 Å². The van der Waals surface area contributed by atoms with Gasteiger partial charge in [0, 0.05) is 18.3 Å². The molecule has 0 radical (unpaired) electrons. The van der Waals surface area contributed by atoms with E-state index in [1.165, 1.54) is 0 Å². The van der Waals surface area contributed by atoms with Crippen molar-refractivity contribution in [1.82, 2.24) is 5.32 Å². The Kier molecular flexibility index (Phi) is 4.80. The standard InChI is InChI=1S/C15H22N2O2/c1-3-9-16-14-8-5-10-17(15(14)18)12-6-4-7-13(11-12)19-2/h4,6-7,11,14,16H,3,5,8-10H2,1-2H3. The molecule has 1 saturated heterocycles. The highest BCUT2D eigenvalue weighted by Gasteiger charge is 2.29. The molecule has 104 valence electrons. The number of carbonyl (C=O) groups excluding carboxylic acids is 1. The molecule has 0 spiro atoms. The second kappa shape index (κ2) is 6.57. The third-order valence-electron chi connectivity index (χ3n) is 3.44. The molecule has 1 aromatic carbocycles. The molecule has 19 heavy (non-hydrogen) atoms. The molecule has 1 unspecified atom stereocenters. The summed E-state index contributed by atoms with van der Waals surface area (Å²) in [5.41, 5.74) is 0.923. The molecular formula is C15H22N2O2. The lowest BCUT2D eigenvalue weighted by Gasteiger charge is -2.33. The number of nitrogens with one attached hydrogen (secondary N) is 1. The third-order valence-corrected chi connectivity index (χ3v) is 3.44. The Labute approximate surface area is 114 Å². The summed E-state index contributed by atoms with van der Waals surface area (Å²) in [6.07, 6.45) is 3.01. The molecule has 0 aliphatic carbocycles. The average Bonchev–Trinajstić information content (AvgIpc) is 2.46. The van der Waals surface area contributed by atoms with Crippen molar-refractivity contribution in [2.75, 3.05) is 25.1 Å². The van der Waals surface area contributed by atoms with Gasteiger partial charge >= 0.3 is 0 Å². The minimum atomic E-state index is -0.0418. The highest BCUT2D eigenvalue weighted by molar-refractivity contribution is 5.98. The summed E-state index contributed by atoms with van der Waals surface area (Å²) in [5.74, 6) is 0.960. The van der Waals surface area contributed by atoms with Gasteiger partial charge in [0.25, 0.3) is 0 Å². The van der Waals surface area contributed by atoms with Crippen LogP contribution in [0.4, 0.5) is 5.69 Å². The Morgan fingerprint density at radius 1 is 1.47 bits per heavy atom. The summed E-state index contributed by atoms with van der Waals surface area (Å²) in [6.45, 7) is 3.79. The smallest absolute Gasteiger partial charge is 0.244 e. The predicted molar refractivity (Wildman–Crippen MR) is 76.7 cm³/mol. The van der Waals surface area contributed by atoms with Crippen molar-refractivity contribution in [3.63, 3.8) is 0 Å². The zero-order valence-electron chi connectivity index (χ0n) is 11.7. The number of carbonyl (C=O) groups is 1. The Morgan fingerprint density at radius 2 is 2.32 bits per heavy atom. The van der Waals surface area contributed by atoms with E-state index in [0.29, 0.717) is 0 Å². The Morgan fingerprint density at radius 3 is 3.05 bits per heavy atom. The molecule has 0 aromatic heterocycles. The number of rotatable bonds is 5. The van der Waals surface area contributed by atoms with Crippen LogP contribution >= 0.6 is 0 Å². The first kappa shape index (κ1) is 13.9. The average molecular weight is 262 g/mol. The van der Waals surface area contributed by atoms with E-state index in [1.807, 2.05) is 29.2 Å². The number of hydrogen-bond donors (Lipinski definition) is 1. The molecule has 1 aliphatic heterocycles. The summed E-state index contributed by atoms with van der Waals surface area (Å²) in [4.78, 5) is 14.3. The van der Waals surface area contributed by atoms with Gasteiger partial charge in [-0.1, -0.05) is 13.0 Å². The zero-order valence-corrected chi connectivity index (χ0v) is 11.7. The minimum absolute atomic E-state index is 0.0418. The van der Waals surface area contributed by atoms with Crippen LogP contribution in [0.5, 0.6) is 5.75 Å². The highest BCUT2D eigenvalue weighted by Crippen LogP contribution is 2.24. The Balaban J connectivity index is 2.12. The molecule has 4 heteroatoms. The van der Waals surface area contributed by atoms with Gasteiger partial charge in [-0.25, -0.2) is 0 Å². The molecule has 1 amide bonds. The van der Waals surface area contributed by atoms with Crippen LogP contribution in [-0.4, -0.2) is 32.1 Å². The summed E-state index contributed by atoms with van der Waals surface area (Å²) in [5, 5.41) is 3.33. The summed E-state index contributed by atoms with van der Waals surface area (Å²) in [7, 11) is 1.64. The van der Waals surface area contributed by atoms with E-state index in [-0.39, 0.29) is 11.9 Å². The van der Waals surface area contributed by atoms with E-state index in [2.05, 4.69) is 12.2 Å². The van der Waals surface area contributed by atoms with E-state index in [1.54, 1.807) is 7.11 Å². The molecule has 2 rings (SSSR count). The number of hydrogen-bond acceptors (Lipinski definition) is 3. The highest BCUT2D eigenvalue weighted by atomic mass is 16.5. The van der Waals surface area contributed by atoms with Crippen molar-refractivity contribution in [2.45, 2.75) is 32.2 Å². The Bertz CT molecular complexity index is 434. The number of anilines is 1. The van der Waals surface area contributed by atoms with Crippen molar-refractivity contribution in [3.05, 3.63) is 24.3 Å². The van der Waals surface area contributed by atoms with Gasteiger partial charge in [-0.2, -0.15) is 0 Å². The predicted octanol–water partition coefficient (Wildman–Crippen LogP) is 2.19. The van der Waals surface area contributed by atoms with Crippen LogP contribution in [0.2, 0.25) is 0 Å². The van der Waals surface area contributed by atoms with Crippen LogP contribution < -0.4 is 15.0 Å². The van der Waals surface area contributed by atoms with Crippen molar-refractivity contribution in [1.29, 1.82) is 0 Å². The van der Waals surface area contributed by atoms with Crippen LogP contribution in [0.3, 0.4) is 0 Å². The molecule has 1 aromatic rings. The van der Waals surface area contributed by atoms with Crippen molar-refractivity contribution in [3.8, 4) is 5.75 Å². The van der Waals surface area contributed by atoms with Crippen LogP contribution in [0.15, 0.2) is 24.3 Å². The summed E-state index contributed by atoms with van der Waals surface area (Å²) < 4.78 is 5.22. The maximum absolute atomic E-state index is 12.5. The molecule has 0 bridgehead atoms. The number of benzene rings is 1. The molecule has 1 N–H and O–H groups in total. The Hall–Kier alpha value is -1.55. The fourth-order valence-corrected chi connectivity index (χ4v) is 2.42. The summed E-state index contributed by atoms with van der Waals surface area (Å²) in [6, 6.07) is 7.65. The van der Waals surface area contributed by atoms with Crippen LogP contribution in [0.25, 0.3) is 0 Å². The number of nitrogens with zero attached hydrogens (tertiary/aromatic N) is 1. The largest absolute Gasteiger partial charge is 0.497 e. The topological polar surface area (TPSA) is 41.6 Å². The quantitative estimate of drug-likeness (QED) is 0.884. The lowest BCUT2D eigenvalue weighted by molar-refractivity contribution is -0.121. The molecule has 1 aliphatic rings. The first-order valence-electron chi connectivity index (χ1n) is 6.95. The van der Waals surface area contributed by atoms with Gasteiger partial charge < -0.3 is 15.0 Å². The van der Waals surface area contributed by atoms with E-state index < -0.39 is 0 Å². The van der Waals surface area contributed by atoms with Crippen molar-refractivity contribution >= 4 is 11.6 Å². The maximum Gasteiger partial charge on any atom is 0.244 e. The van der Waals surface area contributed by atoms with Crippen LogP contribution in [0, 0.1) is 0 Å². The van der Waals surface area contributed by atoms with E-state index >= 15 is 0 Å². The molecular weight excluding hydrogens is 240 g/mol. The lowest BCUT2D eigenvalue weighted by atomic mass is 10.0. The van der Waals surface area contributed by atoms with Crippen LogP contribution in [0.1, 0.15) is 26.2 Å². The maximum atomic E-state index is 12.5. The number of piperidine rings is 1. The number of methoxy groups -OCH3 is 1. The van der Waals surface area contributed by atoms with Crippen molar-refractivity contribution in [2.24, 2.45) is 0 Å². The SMILES string of the molecule is CCCNC1CCCN(c2cccc(OC)c2)C1=O. The van der Waals surface area contributed by atoms with E-state index in [9.17, 15) is 4.79 Å². The van der Waals surface area contributed by atoms with Gasteiger partial charge in [0.05, 0.1) is 13.2 Å². The fourth-order valence-electron chi connectivity index (χ4n) is 2.42. The van der Waals surface area contributed by atoms with Gasteiger partial charge in [0.15, 0.2) is 0 Å². The first-order valence-corrected chi connectivity index (χ1v) is 6.95. The molecule has 1 atom stereocenters. The normalized spacial score (nSPS) is 19.6. The van der Waals surface area contributed by atoms with Gasteiger partial charge in [0.1, 0.15) is 5.75 Å². The molecule has 4 nitrogen and oxygen atoms in total. The molecule has 1 fully saturated rings.